The zero-order chi connectivity index (χ0) is 16.6. The van der Waals surface area contributed by atoms with Crippen LogP contribution in [0.15, 0.2) is 85.2 Å². The minimum absolute atomic E-state index is 0.948. The predicted molar refractivity (Wildman–Crippen MR) is 106 cm³/mol. The molecule has 25 heavy (non-hydrogen) atoms. The summed E-state index contributed by atoms with van der Waals surface area (Å²) in [4.78, 5) is 9.00. The maximum absolute atomic E-state index is 4.55. The summed E-state index contributed by atoms with van der Waals surface area (Å²) in [5.74, 6) is 0. The molecule has 5 aromatic rings. The highest BCUT2D eigenvalue weighted by Gasteiger charge is 2.11. The molecule has 0 saturated heterocycles. The topological polar surface area (TPSA) is 25.8 Å². The van der Waals surface area contributed by atoms with Crippen LogP contribution in [-0.2, 0) is 0 Å². The average Bonchev–Trinajstić information content (AvgIpc) is 3.07. The van der Waals surface area contributed by atoms with Gasteiger partial charge in [-0.25, -0.2) is 9.97 Å². The Kier molecular flexibility index (Phi) is 3.32. The number of thiophene rings is 1. The molecule has 0 amide bonds. The number of rotatable bonds is 2. The summed E-state index contributed by atoms with van der Waals surface area (Å²) in [6.45, 7) is 0. The molecule has 0 saturated carbocycles. The first-order chi connectivity index (χ1) is 12.4. The number of fused-ring (bicyclic) bond motifs is 3. The highest BCUT2D eigenvalue weighted by molar-refractivity contribution is 7.26. The van der Waals surface area contributed by atoms with Crippen LogP contribution in [0.3, 0.4) is 0 Å². The van der Waals surface area contributed by atoms with E-state index < -0.39 is 0 Å². The van der Waals surface area contributed by atoms with Crippen molar-refractivity contribution in [2.24, 2.45) is 0 Å². The van der Waals surface area contributed by atoms with Crippen molar-refractivity contribution in [3.8, 4) is 22.5 Å². The Morgan fingerprint density at radius 2 is 1.40 bits per heavy atom. The molecule has 3 aromatic carbocycles. The minimum Gasteiger partial charge on any atom is -0.236 e. The molecule has 5 rings (SSSR count). The van der Waals surface area contributed by atoms with Gasteiger partial charge in [0.25, 0.3) is 0 Å². The molecule has 0 unspecified atom stereocenters. The number of hydrogen-bond acceptors (Lipinski definition) is 3. The molecular weight excluding hydrogens is 324 g/mol. The first-order valence-electron chi connectivity index (χ1n) is 8.18. The molecule has 0 spiro atoms. The van der Waals surface area contributed by atoms with E-state index in [1.807, 2.05) is 29.5 Å². The molecule has 0 fully saturated rings. The zero-order valence-corrected chi connectivity index (χ0v) is 14.2. The molecule has 0 aliphatic carbocycles. The van der Waals surface area contributed by atoms with Crippen molar-refractivity contribution in [1.29, 1.82) is 0 Å². The SMILES string of the molecule is c1ccc(-c2cc(-c3cccc4c3sc3ccccc34)ncn2)cc1. The Labute approximate surface area is 149 Å². The van der Waals surface area contributed by atoms with Crippen LogP contribution >= 0.6 is 11.3 Å². The van der Waals surface area contributed by atoms with Gasteiger partial charge in [0, 0.05) is 31.3 Å². The Morgan fingerprint density at radius 3 is 2.32 bits per heavy atom. The molecule has 0 aliphatic rings. The quantitative estimate of drug-likeness (QED) is 0.384. The van der Waals surface area contributed by atoms with Crippen molar-refractivity contribution < 1.29 is 0 Å². The Balaban J connectivity index is 1.74. The lowest BCUT2D eigenvalue weighted by molar-refractivity contribution is 1.18. The fourth-order valence-corrected chi connectivity index (χ4v) is 4.45. The van der Waals surface area contributed by atoms with Crippen LogP contribution < -0.4 is 0 Å². The molecule has 3 heteroatoms. The van der Waals surface area contributed by atoms with E-state index >= 15 is 0 Å². The Morgan fingerprint density at radius 1 is 0.640 bits per heavy atom. The third-order valence-electron chi connectivity index (χ3n) is 4.42. The van der Waals surface area contributed by atoms with Crippen LogP contribution in [0.2, 0.25) is 0 Å². The van der Waals surface area contributed by atoms with Crippen molar-refractivity contribution in [3.63, 3.8) is 0 Å². The third-order valence-corrected chi connectivity index (χ3v) is 5.64. The minimum atomic E-state index is 0.948. The van der Waals surface area contributed by atoms with Gasteiger partial charge in [0.05, 0.1) is 11.4 Å². The summed E-state index contributed by atoms with van der Waals surface area (Å²) in [5.41, 5.74) is 4.18. The predicted octanol–water partition coefficient (Wildman–Crippen LogP) is 6.18. The van der Waals surface area contributed by atoms with Gasteiger partial charge in [-0.1, -0.05) is 66.7 Å². The van der Waals surface area contributed by atoms with Gasteiger partial charge in [0.1, 0.15) is 6.33 Å². The van der Waals surface area contributed by atoms with Crippen molar-refractivity contribution >= 4 is 31.5 Å². The summed E-state index contributed by atoms with van der Waals surface area (Å²) in [6.07, 6.45) is 1.66. The maximum atomic E-state index is 4.55. The van der Waals surface area contributed by atoms with Crippen LogP contribution in [0.1, 0.15) is 0 Å². The van der Waals surface area contributed by atoms with E-state index in [-0.39, 0.29) is 0 Å². The van der Waals surface area contributed by atoms with Gasteiger partial charge in [-0.3, -0.25) is 0 Å². The third kappa shape index (κ3) is 2.41. The van der Waals surface area contributed by atoms with E-state index in [9.17, 15) is 0 Å². The first-order valence-corrected chi connectivity index (χ1v) is 9.00. The van der Waals surface area contributed by atoms with Gasteiger partial charge in [-0.05, 0) is 12.1 Å². The molecule has 118 valence electrons. The molecular formula is C22H14N2S. The smallest absolute Gasteiger partial charge is 0.116 e. The normalized spacial score (nSPS) is 11.2. The van der Waals surface area contributed by atoms with Gasteiger partial charge in [-0.2, -0.15) is 0 Å². The molecule has 0 atom stereocenters. The van der Waals surface area contributed by atoms with Crippen molar-refractivity contribution in [1.82, 2.24) is 9.97 Å². The lowest BCUT2D eigenvalue weighted by Gasteiger charge is -2.05. The summed E-state index contributed by atoms with van der Waals surface area (Å²) < 4.78 is 2.59. The van der Waals surface area contributed by atoms with E-state index in [0.717, 1.165) is 17.0 Å². The van der Waals surface area contributed by atoms with Crippen LogP contribution in [0.25, 0.3) is 42.7 Å². The average molecular weight is 338 g/mol. The lowest BCUT2D eigenvalue weighted by atomic mass is 10.0. The van der Waals surface area contributed by atoms with Gasteiger partial charge in [0.2, 0.25) is 0 Å². The van der Waals surface area contributed by atoms with Crippen LogP contribution in [0.5, 0.6) is 0 Å². The summed E-state index contributed by atoms with van der Waals surface area (Å²) >= 11 is 1.82. The summed E-state index contributed by atoms with van der Waals surface area (Å²) in [6, 6.07) is 27.3. The standard InChI is InChI=1S/C22H14N2S/c1-2-7-15(8-3-1)19-13-20(24-14-23-19)18-11-6-10-17-16-9-4-5-12-21(16)25-22(17)18/h1-14H. The van der Waals surface area contributed by atoms with Gasteiger partial charge in [0.15, 0.2) is 0 Å². The van der Waals surface area contributed by atoms with E-state index in [1.165, 1.54) is 25.7 Å². The fraction of sp³-hybridized carbons (Fsp3) is 0. The number of nitrogens with zero attached hydrogens (tertiary/aromatic N) is 2. The van der Waals surface area contributed by atoms with Gasteiger partial charge >= 0.3 is 0 Å². The van der Waals surface area contributed by atoms with Crippen molar-refractivity contribution in [3.05, 3.63) is 85.2 Å². The zero-order valence-electron chi connectivity index (χ0n) is 13.4. The van der Waals surface area contributed by atoms with Gasteiger partial charge in [-0.15, -0.1) is 11.3 Å². The van der Waals surface area contributed by atoms with E-state index in [4.69, 9.17) is 0 Å². The second-order valence-corrected chi connectivity index (χ2v) is 6.99. The number of benzene rings is 3. The molecule has 0 bridgehead atoms. The Hall–Kier alpha value is -3.04. The maximum Gasteiger partial charge on any atom is 0.116 e. The molecule has 0 aliphatic heterocycles. The molecule has 2 nitrogen and oxygen atoms in total. The Bertz CT molecular complexity index is 1190. The number of aromatic nitrogens is 2. The molecule has 0 N–H and O–H groups in total. The van der Waals surface area contributed by atoms with Crippen LogP contribution in [-0.4, -0.2) is 9.97 Å². The number of hydrogen-bond donors (Lipinski definition) is 0. The van der Waals surface area contributed by atoms with Crippen LogP contribution in [0, 0.1) is 0 Å². The van der Waals surface area contributed by atoms with Crippen LogP contribution in [0.4, 0.5) is 0 Å². The first kappa shape index (κ1) is 14.3. The summed E-state index contributed by atoms with van der Waals surface area (Å²) in [5, 5.41) is 2.60. The van der Waals surface area contributed by atoms with E-state index in [2.05, 4.69) is 70.6 Å². The molecule has 2 aromatic heterocycles. The molecule has 0 radical (unpaired) electrons. The van der Waals surface area contributed by atoms with E-state index in [0.29, 0.717) is 0 Å². The monoisotopic (exact) mass is 338 g/mol. The second-order valence-electron chi connectivity index (χ2n) is 5.93. The molecule has 2 heterocycles. The second kappa shape index (κ2) is 5.80. The fourth-order valence-electron chi connectivity index (χ4n) is 3.22. The highest BCUT2D eigenvalue weighted by atomic mass is 32.1. The van der Waals surface area contributed by atoms with Gasteiger partial charge < -0.3 is 0 Å². The van der Waals surface area contributed by atoms with Crippen molar-refractivity contribution in [2.75, 3.05) is 0 Å². The lowest BCUT2D eigenvalue weighted by Crippen LogP contribution is -1.89. The highest BCUT2D eigenvalue weighted by Crippen LogP contribution is 2.39. The summed E-state index contributed by atoms with van der Waals surface area (Å²) in [7, 11) is 0. The van der Waals surface area contributed by atoms with Crippen molar-refractivity contribution in [2.45, 2.75) is 0 Å². The van der Waals surface area contributed by atoms with E-state index in [1.54, 1.807) is 6.33 Å². The largest absolute Gasteiger partial charge is 0.236 e.